The standard InChI is InChI=1S/C26H29N5O4/c32-23-10-9-17(15-25(34)35)19-5-1-4-8-22(19)31(23)16-24(33)30-13-11-18(12-14-30)27-26-28-20-6-2-3-7-21(20)29-26/h1-8,17-18H,9-16H2,(H,34,35)(H2,27,28,29). The van der Waals surface area contributed by atoms with Gasteiger partial charge in [-0.2, -0.15) is 0 Å². The number of benzene rings is 2. The number of hydrogen-bond acceptors (Lipinski definition) is 5. The van der Waals surface area contributed by atoms with Crippen LogP contribution < -0.4 is 10.2 Å². The number of hydrogen-bond donors (Lipinski definition) is 3. The molecule has 1 unspecified atom stereocenters. The number of nitrogens with zero attached hydrogens (tertiary/aromatic N) is 3. The van der Waals surface area contributed by atoms with Gasteiger partial charge in [-0.1, -0.05) is 30.3 Å². The predicted molar refractivity (Wildman–Crippen MR) is 132 cm³/mol. The third-order valence-electron chi connectivity index (χ3n) is 6.97. The fraction of sp³-hybridized carbons (Fsp3) is 0.385. The van der Waals surface area contributed by atoms with E-state index in [0.29, 0.717) is 25.2 Å². The van der Waals surface area contributed by atoms with Gasteiger partial charge < -0.3 is 25.2 Å². The molecule has 1 saturated heterocycles. The van der Waals surface area contributed by atoms with Crippen LogP contribution in [-0.2, 0) is 14.4 Å². The van der Waals surface area contributed by atoms with Crippen LogP contribution in [0.3, 0.4) is 0 Å². The van der Waals surface area contributed by atoms with Crippen LogP contribution in [-0.4, -0.2) is 63.4 Å². The molecule has 3 heterocycles. The molecule has 1 aromatic heterocycles. The molecule has 0 radical (unpaired) electrons. The van der Waals surface area contributed by atoms with Gasteiger partial charge in [-0.15, -0.1) is 0 Å². The van der Waals surface area contributed by atoms with Gasteiger partial charge >= 0.3 is 5.97 Å². The number of anilines is 2. The molecule has 2 aromatic carbocycles. The summed E-state index contributed by atoms with van der Waals surface area (Å²) in [5, 5.41) is 12.8. The maximum absolute atomic E-state index is 13.2. The van der Waals surface area contributed by atoms with Crippen LogP contribution in [0.25, 0.3) is 11.0 Å². The Kier molecular flexibility index (Phi) is 6.39. The van der Waals surface area contributed by atoms with Crippen LogP contribution >= 0.6 is 0 Å². The molecule has 1 fully saturated rings. The lowest BCUT2D eigenvalue weighted by atomic mass is 9.91. The molecule has 182 valence electrons. The molecule has 5 rings (SSSR count). The molecule has 1 atom stereocenters. The van der Waals surface area contributed by atoms with E-state index in [1.165, 1.54) is 4.90 Å². The number of para-hydroxylation sites is 3. The lowest BCUT2D eigenvalue weighted by molar-refractivity contribution is -0.137. The van der Waals surface area contributed by atoms with E-state index >= 15 is 0 Å². The maximum atomic E-state index is 13.2. The molecule has 0 spiro atoms. The first kappa shape index (κ1) is 22.9. The van der Waals surface area contributed by atoms with E-state index in [9.17, 15) is 19.5 Å². The Hall–Kier alpha value is -3.88. The monoisotopic (exact) mass is 475 g/mol. The van der Waals surface area contributed by atoms with E-state index in [0.717, 1.165) is 35.4 Å². The summed E-state index contributed by atoms with van der Waals surface area (Å²) in [4.78, 5) is 48.7. The summed E-state index contributed by atoms with van der Waals surface area (Å²) in [5.41, 5.74) is 3.37. The van der Waals surface area contributed by atoms with Gasteiger partial charge in [-0.05, 0) is 48.9 Å². The second kappa shape index (κ2) is 9.77. The molecule has 0 bridgehead atoms. The van der Waals surface area contributed by atoms with Gasteiger partial charge in [0.15, 0.2) is 0 Å². The van der Waals surface area contributed by atoms with Gasteiger partial charge in [-0.25, -0.2) is 4.98 Å². The predicted octanol–water partition coefficient (Wildman–Crippen LogP) is 3.35. The van der Waals surface area contributed by atoms with Gasteiger partial charge in [-0.3, -0.25) is 14.4 Å². The number of carboxylic acids is 1. The molecule has 9 heteroatoms. The first-order valence-electron chi connectivity index (χ1n) is 12.1. The highest BCUT2D eigenvalue weighted by molar-refractivity contribution is 6.00. The lowest BCUT2D eigenvalue weighted by Gasteiger charge is -2.34. The Morgan fingerprint density at radius 3 is 2.57 bits per heavy atom. The largest absolute Gasteiger partial charge is 0.481 e. The third-order valence-corrected chi connectivity index (χ3v) is 6.97. The lowest BCUT2D eigenvalue weighted by Crippen LogP contribution is -2.47. The number of rotatable bonds is 6. The number of fused-ring (bicyclic) bond motifs is 2. The SMILES string of the molecule is O=C(O)CC1CCC(=O)N(CC(=O)N2CCC(Nc3nc4ccccc4[nH]3)CC2)c2ccccc21. The highest BCUT2D eigenvalue weighted by Gasteiger charge is 2.32. The van der Waals surface area contributed by atoms with Crippen molar-refractivity contribution in [2.45, 2.75) is 44.1 Å². The number of carbonyl (C=O) groups excluding carboxylic acids is 2. The normalized spacial score (nSPS) is 18.9. The number of amides is 2. The van der Waals surface area contributed by atoms with Crippen molar-refractivity contribution >= 4 is 40.5 Å². The van der Waals surface area contributed by atoms with Crippen molar-refractivity contribution in [3.63, 3.8) is 0 Å². The zero-order chi connectivity index (χ0) is 24.4. The molecule has 2 aliphatic heterocycles. The van der Waals surface area contributed by atoms with Crippen LogP contribution in [0.15, 0.2) is 48.5 Å². The van der Waals surface area contributed by atoms with Crippen LogP contribution in [0.5, 0.6) is 0 Å². The first-order valence-corrected chi connectivity index (χ1v) is 12.1. The van der Waals surface area contributed by atoms with Gasteiger partial charge in [0.1, 0.15) is 6.54 Å². The average Bonchev–Trinajstić information content (AvgIpc) is 3.22. The number of carboxylic acid groups (broad SMARTS) is 1. The Balaban J connectivity index is 1.22. The number of aromatic amines is 1. The molecule has 35 heavy (non-hydrogen) atoms. The molecular formula is C26H29N5O4. The summed E-state index contributed by atoms with van der Waals surface area (Å²) in [6.45, 7) is 1.17. The molecule has 2 amide bonds. The van der Waals surface area contributed by atoms with Gasteiger partial charge in [0.2, 0.25) is 17.8 Å². The number of aliphatic carboxylic acids is 1. The summed E-state index contributed by atoms with van der Waals surface area (Å²) in [6.07, 6.45) is 2.23. The molecule has 0 saturated carbocycles. The fourth-order valence-electron chi connectivity index (χ4n) is 5.12. The molecule has 3 aromatic rings. The minimum absolute atomic E-state index is 0.0299. The van der Waals surface area contributed by atoms with E-state index < -0.39 is 5.97 Å². The number of nitrogens with one attached hydrogen (secondary N) is 2. The van der Waals surface area contributed by atoms with Crippen molar-refractivity contribution in [2.24, 2.45) is 0 Å². The van der Waals surface area contributed by atoms with Crippen molar-refractivity contribution < 1.29 is 19.5 Å². The van der Waals surface area contributed by atoms with E-state index in [2.05, 4.69) is 15.3 Å². The molecule has 3 N–H and O–H groups in total. The minimum Gasteiger partial charge on any atom is -0.481 e. The van der Waals surface area contributed by atoms with E-state index in [1.807, 2.05) is 53.4 Å². The second-order valence-corrected chi connectivity index (χ2v) is 9.27. The zero-order valence-electron chi connectivity index (χ0n) is 19.4. The summed E-state index contributed by atoms with van der Waals surface area (Å²) in [7, 11) is 0. The van der Waals surface area contributed by atoms with Crippen molar-refractivity contribution in [1.82, 2.24) is 14.9 Å². The molecular weight excluding hydrogens is 446 g/mol. The number of likely N-dealkylation sites (tertiary alicyclic amines) is 1. The van der Waals surface area contributed by atoms with E-state index in [-0.39, 0.29) is 43.2 Å². The van der Waals surface area contributed by atoms with Crippen molar-refractivity contribution in [1.29, 1.82) is 0 Å². The summed E-state index contributed by atoms with van der Waals surface area (Å²) in [5.74, 6) is -0.625. The maximum Gasteiger partial charge on any atom is 0.303 e. The number of aromatic nitrogens is 2. The minimum atomic E-state index is -0.888. The van der Waals surface area contributed by atoms with Gasteiger partial charge in [0.05, 0.1) is 17.5 Å². The van der Waals surface area contributed by atoms with Crippen LogP contribution in [0, 0.1) is 0 Å². The van der Waals surface area contributed by atoms with Crippen LogP contribution in [0.1, 0.15) is 43.6 Å². The van der Waals surface area contributed by atoms with E-state index in [1.54, 1.807) is 0 Å². The fourth-order valence-corrected chi connectivity index (χ4v) is 5.12. The first-order chi connectivity index (χ1) is 17.0. The van der Waals surface area contributed by atoms with Crippen molar-refractivity contribution in [3.8, 4) is 0 Å². The Bertz CT molecular complexity index is 1210. The Morgan fingerprint density at radius 1 is 1.06 bits per heavy atom. The molecule has 2 aliphatic rings. The average molecular weight is 476 g/mol. The number of imidazole rings is 1. The topological polar surface area (TPSA) is 119 Å². The second-order valence-electron chi connectivity index (χ2n) is 9.27. The zero-order valence-corrected chi connectivity index (χ0v) is 19.4. The van der Waals surface area contributed by atoms with Gasteiger partial charge in [0.25, 0.3) is 0 Å². The number of piperidine rings is 1. The van der Waals surface area contributed by atoms with Crippen molar-refractivity contribution in [3.05, 3.63) is 54.1 Å². The summed E-state index contributed by atoms with van der Waals surface area (Å²) in [6, 6.07) is 15.4. The van der Waals surface area contributed by atoms with Crippen molar-refractivity contribution in [2.75, 3.05) is 29.9 Å². The van der Waals surface area contributed by atoms with Crippen LogP contribution in [0.2, 0.25) is 0 Å². The van der Waals surface area contributed by atoms with Crippen LogP contribution in [0.4, 0.5) is 11.6 Å². The van der Waals surface area contributed by atoms with E-state index in [4.69, 9.17) is 0 Å². The number of carbonyl (C=O) groups is 3. The Morgan fingerprint density at radius 2 is 1.80 bits per heavy atom. The summed E-state index contributed by atoms with van der Waals surface area (Å²) < 4.78 is 0. The highest BCUT2D eigenvalue weighted by atomic mass is 16.4. The third kappa shape index (κ3) is 4.99. The quantitative estimate of drug-likeness (QED) is 0.503. The molecule has 0 aliphatic carbocycles. The molecule has 9 nitrogen and oxygen atoms in total. The number of H-pyrrole nitrogens is 1. The van der Waals surface area contributed by atoms with Gasteiger partial charge in [0, 0.05) is 31.2 Å². The highest BCUT2D eigenvalue weighted by Crippen LogP contribution is 2.36. The smallest absolute Gasteiger partial charge is 0.303 e. The Labute approximate surface area is 203 Å². The summed E-state index contributed by atoms with van der Waals surface area (Å²) >= 11 is 0.